The molecule has 1 amide bonds. The molecule has 0 aromatic heterocycles. The second-order valence-electron chi connectivity index (χ2n) is 4.17. The van der Waals surface area contributed by atoms with Crippen LogP contribution in [0.5, 0.6) is 11.5 Å². The first-order valence-electron chi connectivity index (χ1n) is 5.97. The minimum atomic E-state index is -0.169. The summed E-state index contributed by atoms with van der Waals surface area (Å²) in [5, 5.41) is 8.46. The number of aryl methyl sites for hydroxylation is 1. The van der Waals surface area contributed by atoms with Crippen LogP contribution in [-0.2, 0) is 4.79 Å². The number of rotatable bonds is 6. The summed E-state index contributed by atoms with van der Waals surface area (Å²) in [5.74, 6) is 0.973. The van der Waals surface area contributed by atoms with E-state index in [1.54, 1.807) is 20.2 Å². The molecule has 0 bridgehead atoms. The maximum atomic E-state index is 11.7. The van der Waals surface area contributed by atoms with Gasteiger partial charge in [0.05, 0.1) is 19.6 Å². The average molecular weight is 262 g/mol. The van der Waals surface area contributed by atoms with Crippen LogP contribution in [0, 0.1) is 18.3 Å². The number of carbonyl (C=O) groups is 1. The van der Waals surface area contributed by atoms with Gasteiger partial charge in [-0.1, -0.05) is 6.07 Å². The molecule has 0 radical (unpaired) electrons. The summed E-state index contributed by atoms with van der Waals surface area (Å²) < 4.78 is 10.6. The zero-order valence-electron chi connectivity index (χ0n) is 11.5. The minimum absolute atomic E-state index is 0.0681. The monoisotopic (exact) mass is 262 g/mol. The van der Waals surface area contributed by atoms with Crippen molar-refractivity contribution < 1.29 is 14.3 Å². The van der Waals surface area contributed by atoms with Gasteiger partial charge in [0, 0.05) is 13.6 Å². The molecule has 0 aliphatic carbocycles. The van der Waals surface area contributed by atoms with Crippen molar-refractivity contribution in [2.75, 3.05) is 27.3 Å². The molecular weight excluding hydrogens is 244 g/mol. The Morgan fingerprint density at radius 1 is 1.42 bits per heavy atom. The van der Waals surface area contributed by atoms with Crippen molar-refractivity contribution in [2.45, 2.75) is 13.3 Å². The van der Waals surface area contributed by atoms with E-state index in [2.05, 4.69) is 0 Å². The number of benzene rings is 1. The summed E-state index contributed by atoms with van der Waals surface area (Å²) in [5.41, 5.74) is 1.06. The second-order valence-corrected chi connectivity index (χ2v) is 4.17. The molecule has 0 aliphatic rings. The normalized spacial score (nSPS) is 9.58. The predicted octanol–water partition coefficient (Wildman–Crippen LogP) is 1.75. The van der Waals surface area contributed by atoms with Crippen molar-refractivity contribution in [1.82, 2.24) is 4.90 Å². The van der Waals surface area contributed by atoms with Gasteiger partial charge in [-0.2, -0.15) is 5.26 Å². The predicted molar refractivity (Wildman–Crippen MR) is 71.1 cm³/mol. The molecule has 0 spiro atoms. The summed E-state index contributed by atoms with van der Waals surface area (Å²) in [6, 6.07) is 7.51. The maximum Gasteiger partial charge on any atom is 0.260 e. The third kappa shape index (κ3) is 4.51. The van der Waals surface area contributed by atoms with Crippen LogP contribution in [-0.4, -0.2) is 38.1 Å². The van der Waals surface area contributed by atoms with Crippen LogP contribution in [0.4, 0.5) is 0 Å². The summed E-state index contributed by atoms with van der Waals surface area (Å²) in [6.45, 7) is 2.29. The fourth-order valence-electron chi connectivity index (χ4n) is 1.49. The molecule has 5 nitrogen and oxygen atoms in total. The molecule has 102 valence electrons. The van der Waals surface area contributed by atoms with Crippen LogP contribution in [0.3, 0.4) is 0 Å². The Hall–Kier alpha value is -2.22. The zero-order chi connectivity index (χ0) is 14.3. The lowest BCUT2D eigenvalue weighted by atomic mass is 10.2. The van der Waals surface area contributed by atoms with E-state index in [-0.39, 0.29) is 12.5 Å². The van der Waals surface area contributed by atoms with Crippen LogP contribution in [0.2, 0.25) is 0 Å². The Balaban J connectivity index is 2.57. The van der Waals surface area contributed by atoms with Crippen molar-refractivity contribution in [1.29, 1.82) is 5.26 Å². The van der Waals surface area contributed by atoms with E-state index in [4.69, 9.17) is 14.7 Å². The molecule has 0 fully saturated rings. The van der Waals surface area contributed by atoms with Crippen LogP contribution in [0.1, 0.15) is 12.0 Å². The first-order chi connectivity index (χ1) is 9.08. The molecule has 0 saturated heterocycles. The number of carbonyl (C=O) groups excluding carboxylic acids is 1. The maximum absolute atomic E-state index is 11.7. The summed E-state index contributed by atoms with van der Waals surface area (Å²) in [6.07, 6.45) is 0.316. The highest BCUT2D eigenvalue weighted by Crippen LogP contribution is 2.27. The number of nitrogens with zero attached hydrogens (tertiary/aromatic N) is 2. The van der Waals surface area contributed by atoms with Gasteiger partial charge >= 0.3 is 0 Å². The van der Waals surface area contributed by atoms with Crippen molar-refractivity contribution in [2.24, 2.45) is 0 Å². The second kappa shape index (κ2) is 7.27. The first kappa shape index (κ1) is 14.8. The van der Waals surface area contributed by atoms with E-state index in [0.717, 1.165) is 5.56 Å². The molecule has 0 heterocycles. The van der Waals surface area contributed by atoms with E-state index < -0.39 is 0 Å². The van der Waals surface area contributed by atoms with Crippen molar-refractivity contribution in [3.63, 3.8) is 0 Å². The molecule has 0 atom stereocenters. The molecule has 5 heteroatoms. The van der Waals surface area contributed by atoms with Crippen molar-refractivity contribution in [3.8, 4) is 17.6 Å². The fraction of sp³-hybridized carbons (Fsp3) is 0.429. The van der Waals surface area contributed by atoms with Gasteiger partial charge in [-0.05, 0) is 24.6 Å². The van der Waals surface area contributed by atoms with Crippen LogP contribution >= 0.6 is 0 Å². The Bertz CT molecular complexity index is 480. The van der Waals surface area contributed by atoms with Gasteiger partial charge < -0.3 is 14.4 Å². The summed E-state index contributed by atoms with van der Waals surface area (Å²) >= 11 is 0. The molecule has 19 heavy (non-hydrogen) atoms. The van der Waals surface area contributed by atoms with Crippen molar-refractivity contribution in [3.05, 3.63) is 23.8 Å². The van der Waals surface area contributed by atoms with Gasteiger partial charge in [-0.25, -0.2) is 0 Å². The van der Waals surface area contributed by atoms with Crippen molar-refractivity contribution >= 4 is 5.91 Å². The lowest BCUT2D eigenvalue weighted by Gasteiger charge is -2.16. The number of likely N-dealkylation sites (N-methyl/N-ethyl adjacent to an activating group) is 1. The lowest BCUT2D eigenvalue weighted by Crippen LogP contribution is -2.32. The van der Waals surface area contributed by atoms with Gasteiger partial charge in [-0.3, -0.25) is 4.79 Å². The third-order valence-corrected chi connectivity index (χ3v) is 2.66. The third-order valence-electron chi connectivity index (χ3n) is 2.66. The molecule has 0 saturated carbocycles. The molecule has 0 N–H and O–H groups in total. The number of amides is 1. The smallest absolute Gasteiger partial charge is 0.260 e. The summed E-state index contributed by atoms with van der Waals surface area (Å²) in [7, 11) is 3.21. The van der Waals surface area contributed by atoms with Gasteiger partial charge in [-0.15, -0.1) is 0 Å². The fourth-order valence-corrected chi connectivity index (χ4v) is 1.49. The van der Waals surface area contributed by atoms with Gasteiger partial charge in [0.15, 0.2) is 18.1 Å². The Morgan fingerprint density at radius 3 is 2.79 bits per heavy atom. The van der Waals surface area contributed by atoms with Crippen LogP contribution in [0.15, 0.2) is 18.2 Å². The van der Waals surface area contributed by atoms with Crippen LogP contribution in [0.25, 0.3) is 0 Å². The molecular formula is C14H18N2O3. The zero-order valence-corrected chi connectivity index (χ0v) is 11.5. The standard InChI is InChI=1S/C14H18N2O3/c1-11-5-6-12(13(9-11)18-3)19-10-14(17)16(2)8-4-7-15/h5-6,9H,4,8,10H2,1-3H3. The van der Waals surface area contributed by atoms with Gasteiger partial charge in [0.25, 0.3) is 5.91 Å². The molecule has 1 rings (SSSR count). The van der Waals surface area contributed by atoms with E-state index in [9.17, 15) is 4.79 Å². The van der Waals surface area contributed by atoms with Gasteiger partial charge in [0.2, 0.25) is 0 Å². The number of nitriles is 1. The SMILES string of the molecule is COc1cc(C)ccc1OCC(=O)N(C)CCC#N. The van der Waals surface area contributed by atoms with E-state index >= 15 is 0 Å². The van der Waals surface area contributed by atoms with Gasteiger partial charge in [0.1, 0.15) is 0 Å². The lowest BCUT2D eigenvalue weighted by molar-refractivity contribution is -0.132. The quantitative estimate of drug-likeness (QED) is 0.783. The Morgan fingerprint density at radius 2 is 2.16 bits per heavy atom. The molecule has 0 unspecified atom stereocenters. The van der Waals surface area contributed by atoms with E-state index in [1.807, 2.05) is 25.1 Å². The van der Waals surface area contributed by atoms with E-state index in [0.29, 0.717) is 24.5 Å². The topological polar surface area (TPSA) is 62.6 Å². The molecule has 1 aromatic carbocycles. The highest BCUT2D eigenvalue weighted by Gasteiger charge is 2.11. The summed E-state index contributed by atoms with van der Waals surface area (Å²) in [4.78, 5) is 13.2. The number of hydrogen-bond donors (Lipinski definition) is 0. The average Bonchev–Trinajstić information content (AvgIpc) is 2.42. The Kier molecular flexibility index (Phi) is 5.68. The highest BCUT2D eigenvalue weighted by atomic mass is 16.5. The highest BCUT2D eigenvalue weighted by molar-refractivity contribution is 5.77. The Labute approximate surface area is 113 Å². The van der Waals surface area contributed by atoms with Crippen LogP contribution < -0.4 is 9.47 Å². The largest absolute Gasteiger partial charge is 0.493 e. The van der Waals surface area contributed by atoms with E-state index in [1.165, 1.54) is 4.90 Å². The molecule has 0 aliphatic heterocycles. The number of hydrogen-bond acceptors (Lipinski definition) is 4. The first-order valence-corrected chi connectivity index (χ1v) is 5.97. The number of methoxy groups -OCH3 is 1. The number of ether oxygens (including phenoxy) is 2. The minimum Gasteiger partial charge on any atom is -0.493 e. The molecule has 1 aromatic rings.